The van der Waals surface area contributed by atoms with E-state index in [4.69, 9.17) is 0 Å². The van der Waals surface area contributed by atoms with E-state index in [9.17, 15) is 0 Å². The molecule has 5 heteroatoms. The number of halogens is 1. The molecule has 1 aliphatic carbocycles. The second-order valence-electron chi connectivity index (χ2n) is 4.70. The first-order chi connectivity index (χ1) is 8.22. The highest BCUT2D eigenvalue weighted by Gasteiger charge is 2.10. The molecule has 1 aliphatic rings. The molecule has 0 amide bonds. The largest absolute Gasteiger partial charge is 0.357 e. The molecule has 0 aromatic rings. The van der Waals surface area contributed by atoms with E-state index >= 15 is 0 Å². The van der Waals surface area contributed by atoms with Crippen molar-refractivity contribution in [2.45, 2.75) is 32.2 Å². The summed E-state index contributed by atoms with van der Waals surface area (Å²) < 4.78 is 0. The average molecular weight is 366 g/mol. The fourth-order valence-corrected chi connectivity index (χ4v) is 1.83. The molecule has 0 unspecified atom stereocenters. The summed E-state index contributed by atoms with van der Waals surface area (Å²) in [6.07, 6.45) is 7.79. The van der Waals surface area contributed by atoms with Gasteiger partial charge in [-0.15, -0.1) is 24.0 Å². The van der Waals surface area contributed by atoms with Crippen molar-refractivity contribution in [2.24, 2.45) is 4.99 Å². The summed E-state index contributed by atoms with van der Waals surface area (Å²) in [6, 6.07) is 0.529. The van der Waals surface area contributed by atoms with Gasteiger partial charge in [0.05, 0.1) is 0 Å². The van der Waals surface area contributed by atoms with Crippen molar-refractivity contribution >= 4 is 29.9 Å². The van der Waals surface area contributed by atoms with Crippen LogP contribution in [0.25, 0.3) is 0 Å². The van der Waals surface area contributed by atoms with Crippen LogP contribution in [0.1, 0.15) is 26.2 Å². The van der Waals surface area contributed by atoms with Gasteiger partial charge < -0.3 is 15.5 Å². The summed E-state index contributed by atoms with van der Waals surface area (Å²) in [5, 5.41) is 6.76. The summed E-state index contributed by atoms with van der Waals surface area (Å²) in [5.41, 5.74) is 0. The molecule has 0 spiro atoms. The zero-order valence-corrected chi connectivity index (χ0v) is 14.1. The van der Waals surface area contributed by atoms with Crippen LogP contribution in [0.5, 0.6) is 0 Å². The van der Waals surface area contributed by atoms with Crippen LogP contribution in [0.2, 0.25) is 0 Å². The highest BCUT2D eigenvalue weighted by molar-refractivity contribution is 14.0. The Kier molecular flexibility index (Phi) is 10.4. The smallest absolute Gasteiger partial charge is 0.191 e. The lowest BCUT2D eigenvalue weighted by Gasteiger charge is -2.16. The number of hydrogen-bond donors (Lipinski definition) is 2. The van der Waals surface area contributed by atoms with E-state index in [1.54, 1.807) is 0 Å². The molecule has 0 fully saturated rings. The predicted octanol–water partition coefficient (Wildman–Crippen LogP) is 1.83. The van der Waals surface area contributed by atoms with Crippen molar-refractivity contribution in [3.05, 3.63) is 12.2 Å². The lowest BCUT2D eigenvalue weighted by atomic mass is 10.2. The van der Waals surface area contributed by atoms with Crippen LogP contribution in [0.4, 0.5) is 0 Å². The molecule has 0 atom stereocenters. The Morgan fingerprint density at radius 2 is 2.00 bits per heavy atom. The Labute approximate surface area is 128 Å². The van der Waals surface area contributed by atoms with E-state index in [2.05, 4.69) is 53.7 Å². The molecule has 0 aromatic carbocycles. The summed E-state index contributed by atoms with van der Waals surface area (Å²) in [5.74, 6) is 0.958. The molecule has 0 aromatic heterocycles. The average Bonchev–Trinajstić information content (AvgIpc) is 2.77. The Hall–Kier alpha value is -0.300. The second-order valence-corrected chi connectivity index (χ2v) is 4.70. The van der Waals surface area contributed by atoms with E-state index < -0.39 is 0 Å². The van der Waals surface area contributed by atoms with Crippen LogP contribution in [0.3, 0.4) is 0 Å². The Bertz CT molecular complexity index is 256. The van der Waals surface area contributed by atoms with Gasteiger partial charge >= 0.3 is 0 Å². The zero-order chi connectivity index (χ0) is 12.5. The van der Waals surface area contributed by atoms with Crippen molar-refractivity contribution in [2.75, 3.05) is 33.7 Å². The topological polar surface area (TPSA) is 39.7 Å². The van der Waals surface area contributed by atoms with Gasteiger partial charge in [0.25, 0.3) is 0 Å². The van der Waals surface area contributed by atoms with E-state index in [1.165, 1.54) is 0 Å². The van der Waals surface area contributed by atoms with Gasteiger partial charge in [0.1, 0.15) is 0 Å². The first kappa shape index (κ1) is 17.7. The van der Waals surface area contributed by atoms with Crippen LogP contribution >= 0.6 is 24.0 Å². The third-order valence-corrected chi connectivity index (χ3v) is 2.73. The highest BCUT2D eigenvalue weighted by Crippen LogP contribution is 2.08. The molecular formula is C13H27IN4. The third kappa shape index (κ3) is 7.92. The summed E-state index contributed by atoms with van der Waals surface area (Å²) >= 11 is 0. The molecule has 4 nitrogen and oxygen atoms in total. The standard InChI is InChI=1S/C13H26N4.HI/c1-4-14-13(15-10-7-11-17(2)3)16-12-8-5-6-9-12;/h5-6,12H,4,7-11H2,1-3H3,(H2,14,15,16);1H. The molecule has 106 valence electrons. The fourth-order valence-electron chi connectivity index (χ4n) is 1.83. The number of nitrogens with zero attached hydrogens (tertiary/aromatic N) is 2. The van der Waals surface area contributed by atoms with Gasteiger partial charge in [-0.1, -0.05) is 12.2 Å². The summed E-state index contributed by atoms with van der Waals surface area (Å²) in [4.78, 5) is 6.78. The summed E-state index contributed by atoms with van der Waals surface area (Å²) in [6.45, 7) is 4.99. The Morgan fingerprint density at radius 1 is 1.33 bits per heavy atom. The molecule has 0 heterocycles. The first-order valence-corrected chi connectivity index (χ1v) is 6.57. The maximum Gasteiger partial charge on any atom is 0.191 e. The minimum absolute atomic E-state index is 0. The lowest BCUT2D eigenvalue weighted by Crippen LogP contribution is -2.42. The van der Waals surface area contributed by atoms with Crippen LogP contribution < -0.4 is 10.6 Å². The van der Waals surface area contributed by atoms with Gasteiger partial charge in [-0.3, -0.25) is 4.99 Å². The number of rotatable bonds is 6. The van der Waals surface area contributed by atoms with E-state index in [-0.39, 0.29) is 24.0 Å². The lowest BCUT2D eigenvalue weighted by molar-refractivity contribution is 0.403. The molecule has 0 saturated carbocycles. The SMILES string of the molecule is CCNC(=NCCCN(C)C)NC1CC=CC1.I. The maximum atomic E-state index is 4.59. The summed E-state index contributed by atoms with van der Waals surface area (Å²) in [7, 11) is 4.19. The van der Waals surface area contributed by atoms with Gasteiger partial charge in [0.2, 0.25) is 0 Å². The van der Waals surface area contributed by atoms with E-state index in [1.807, 2.05) is 0 Å². The molecule has 0 radical (unpaired) electrons. The molecule has 18 heavy (non-hydrogen) atoms. The minimum Gasteiger partial charge on any atom is -0.357 e. The molecule has 1 rings (SSSR count). The van der Waals surface area contributed by atoms with E-state index in [0.29, 0.717) is 6.04 Å². The van der Waals surface area contributed by atoms with Crippen LogP contribution in [-0.4, -0.2) is 50.6 Å². The second kappa shape index (κ2) is 10.6. The maximum absolute atomic E-state index is 4.59. The Morgan fingerprint density at radius 3 is 2.56 bits per heavy atom. The number of nitrogens with one attached hydrogen (secondary N) is 2. The van der Waals surface area contributed by atoms with Gasteiger partial charge in [-0.2, -0.15) is 0 Å². The van der Waals surface area contributed by atoms with Crippen LogP contribution in [0.15, 0.2) is 17.1 Å². The first-order valence-electron chi connectivity index (χ1n) is 6.57. The number of aliphatic imine (C=N–C) groups is 1. The fraction of sp³-hybridized carbons (Fsp3) is 0.769. The van der Waals surface area contributed by atoms with Gasteiger partial charge in [-0.05, 0) is 46.8 Å². The quantitative estimate of drug-likeness (QED) is 0.248. The normalized spacial score (nSPS) is 15.9. The van der Waals surface area contributed by atoms with Crippen molar-refractivity contribution in [1.29, 1.82) is 0 Å². The van der Waals surface area contributed by atoms with Gasteiger partial charge in [0, 0.05) is 19.1 Å². The zero-order valence-electron chi connectivity index (χ0n) is 11.8. The third-order valence-electron chi connectivity index (χ3n) is 2.73. The van der Waals surface area contributed by atoms with Gasteiger partial charge in [-0.25, -0.2) is 0 Å². The van der Waals surface area contributed by atoms with Crippen molar-refractivity contribution in [3.63, 3.8) is 0 Å². The molecule has 2 N–H and O–H groups in total. The number of hydrogen-bond acceptors (Lipinski definition) is 2. The van der Waals surface area contributed by atoms with Crippen molar-refractivity contribution in [3.8, 4) is 0 Å². The monoisotopic (exact) mass is 366 g/mol. The minimum atomic E-state index is 0. The Balaban J connectivity index is 0.00000289. The predicted molar refractivity (Wildman–Crippen MR) is 89.9 cm³/mol. The highest BCUT2D eigenvalue weighted by atomic mass is 127. The molecular weight excluding hydrogens is 339 g/mol. The van der Waals surface area contributed by atoms with Crippen LogP contribution in [0, 0.1) is 0 Å². The molecule has 0 bridgehead atoms. The molecule has 0 aliphatic heterocycles. The van der Waals surface area contributed by atoms with Crippen molar-refractivity contribution < 1.29 is 0 Å². The molecule has 0 saturated heterocycles. The van der Waals surface area contributed by atoms with Crippen LogP contribution in [-0.2, 0) is 0 Å². The van der Waals surface area contributed by atoms with Crippen molar-refractivity contribution in [1.82, 2.24) is 15.5 Å². The number of guanidine groups is 1. The van der Waals surface area contributed by atoms with Gasteiger partial charge in [0.15, 0.2) is 5.96 Å². The van der Waals surface area contributed by atoms with E-state index in [0.717, 1.165) is 44.9 Å².